The second-order valence-electron chi connectivity index (χ2n) is 9.98. The molecule has 20 N–H and O–H groups in total. The molecular formula is C24H44HfO28. The van der Waals surface area contributed by atoms with E-state index < -0.39 is 148 Å². The van der Waals surface area contributed by atoms with Gasteiger partial charge in [0.25, 0.3) is 0 Å². The van der Waals surface area contributed by atoms with Crippen LogP contribution in [0, 0.1) is 0 Å². The molecule has 53 heavy (non-hydrogen) atoms. The van der Waals surface area contributed by atoms with Gasteiger partial charge in [0, 0.05) is 0 Å². The van der Waals surface area contributed by atoms with Crippen LogP contribution in [0.25, 0.3) is 0 Å². The van der Waals surface area contributed by atoms with Crippen molar-refractivity contribution in [3.8, 4) is 0 Å². The summed E-state index contributed by atoms with van der Waals surface area (Å²) in [5.74, 6) is -7.90. The van der Waals surface area contributed by atoms with Crippen molar-refractivity contribution < 1.29 is 168 Å². The first-order valence-electron chi connectivity index (χ1n) is 13.8. The third-order valence-corrected chi connectivity index (χ3v) is 5.98. The van der Waals surface area contributed by atoms with Crippen molar-refractivity contribution in [2.75, 3.05) is 26.4 Å². The fourth-order valence-corrected chi connectivity index (χ4v) is 2.65. The van der Waals surface area contributed by atoms with Crippen LogP contribution in [0.3, 0.4) is 0 Å². The smallest absolute Gasteiger partial charge is 0.547 e. The molecule has 28 nitrogen and oxygen atoms in total. The van der Waals surface area contributed by atoms with E-state index in [0.717, 1.165) is 0 Å². The first kappa shape index (κ1) is 60.2. The van der Waals surface area contributed by atoms with E-state index in [-0.39, 0.29) is 25.8 Å². The number of rotatable bonds is 20. The number of carbonyl (C=O) groups excluding carboxylic acids is 4. The Morgan fingerprint density at radius 2 is 0.415 bits per heavy atom. The minimum absolute atomic E-state index is 0. The maximum Gasteiger partial charge on any atom is 4.00 e. The van der Waals surface area contributed by atoms with Gasteiger partial charge in [-0.3, -0.25) is 0 Å². The molecule has 0 heterocycles. The Hall–Kier alpha value is -2.05. The van der Waals surface area contributed by atoms with Gasteiger partial charge in [0.2, 0.25) is 0 Å². The summed E-state index contributed by atoms with van der Waals surface area (Å²) < 4.78 is 0. The number of aliphatic hydroxyl groups is 20. The average Bonchev–Trinajstić information content (AvgIpc) is 3.12. The van der Waals surface area contributed by atoms with Crippen molar-refractivity contribution in [2.24, 2.45) is 0 Å². The number of carbonyl (C=O) groups is 4. The minimum atomic E-state index is -2.31. The van der Waals surface area contributed by atoms with Crippen molar-refractivity contribution in [1.29, 1.82) is 0 Å². The fraction of sp³-hybridized carbons (Fsp3) is 0.833. The Morgan fingerprint density at radius 3 is 0.491 bits per heavy atom. The van der Waals surface area contributed by atoms with Crippen LogP contribution >= 0.6 is 0 Å². The van der Waals surface area contributed by atoms with Gasteiger partial charge in [-0.25, -0.2) is 0 Å². The van der Waals surface area contributed by atoms with E-state index in [0.29, 0.717) is 0 Å². The van der Waals surface area contributed by atoms with Crippen LogP contribution in [-0.4, -0.2) is 250 Å². The van der Waals surface area contributed by atoms with Crippen LogP contribution in [-0.2, 0) is 45.0 Å². The SMILES string of the molecule is O=C([O-])[C@H](O)[C@@H](O)[C@H](O)[C@H](O)CO.O=C([O-])[C@H](O)[C@@H](O)[C@H](O)[C@H](O)CO.O=C([O-])[C@H](O)[C@@H](O)[C@H](O)[C@H](O)CO.O=C([O-])[C@H](O)[C@@H](O)[C@H](O)[C@H](O)CO.[Hf+4]. The maximum absolute atomic E-state index is 9.98. The number of carboxylic acid groups (broad SMARTS) is 4. The van der Waals surface area contributed by atoms with Crippen LogP contribution < -0.4 is 20.4 Å². The van der Waals surface area contributed by atoms with Gasteiger partial charge in [0.1, 0.15) is 97.7 Å². The summed E-state index contributed by atoms with van der Waals surface area (Å²) in [4.78, 5) is 39.9. The molecule has 312 valence electrons. The van der Waals surface area contributed by atoms with Crippen LogP contribution in [0.15, 0.2) is 0 Å². The number of hydrogen-bond donors (Lipinski definition) is 20. The molecule has 0 saturated heterocycles. The standard InChI is InChI=1S/4C6H12O7.Hf/c4*7-1-2(8)3(9)4(10)5(11)6(12)13;/h4*2-5,7-11H,1H2,(H,12,13);/q;;;;+4/p-4/t4*2-,3-,4+,5-;/m1111./s1. The van der Waals surface area contributed by atoms with E-state index >= 15 is 0 Å². The second kappa shape index (κ2) is 31.2. The van der Waals surface area contributed by atoms with Crippen LogP contribution in [0.1, 0.15) is 0 Å². The predicted molar refractivity (Wildman–Crippen MR) is 144 cm³/mol. The predicted octanol–water partition coefficient (Wildman–Crippen LogP) is -19.3. The zero-order valence-electron chi connectivity index (χ0n) is 26.8. The van der Waals surface area contributed by atoms with Gasteiger partial charge in [0.05, 0.1) is 50.3 Å². The first-order chi connectivity index (χ1) is 23.7. The molecule has 0 aliphatic carbocycles. The van der Waals surface area contributed by atoms with E-state index in [4.69, 9.17) is 102 Å². The van der Waals surface area contributed by atoms with E-state index in [2.05, 4.69) is 0 Å². The van der Waals surface area contributed by atoms with E-state index in [1.807, 2.05) is 0 Å². The molecule has 29 heteroatoms. The largest absolute Gasteiger partial charge is 4.00 e. The van der Waals surface area contributed by atoms with Gasteiger partial charge in [-0.1, -0.05) is 0 Å². The molecular weight excluding hydrogens is 915 g/mol. The maximum atomic E-state index is 9.98. The summed E-state index contributed by atoms with van der Waals surface area (Å²) >= 11 is 0. The third-order valence-electron chi connectivity index (χ3n) is 5.98. The molecule has 0 radical (unpaired) electrons. The number of aliphatic hydroxyl groups excluding tert-OH is 20. The van der Waals surface area contributed by atoms with Gasteiger partial charge in [-0.05, 0) is 0 Å². The molecule has 0 aliphatic heterocycles. The van der Waals surface area contributed by atoms with Crippen molar-refractivity contribution in [1.82, 2.24) is 0 Å². The quantitative estimate of drug-likeness (QED) is 0.0504. The van der Waals surface area contributed by atoms with Crippen molar-refractivity contribution in [3.05, 3.63) is 0 Å². The monoisotopic (exact) mass is 960 g/mol. The zero-order chi connectivity index (χ0) is 42.4. The summed E-state index contributed by atoms with van der Waals surface area (Å²) in [6, 6.07) is 0. The molecule has 0 rings (SSSR count). The van der Waals surface area contributed by atoms with E-state index in [1.54, 1.807) is 0 Å². The van der Waals surface area contributed by atoms with Crippen molar-refractivity contribution in [3.63, 3.8) is 0 Å². The van der Waals surface area contributed by atoms with Gasteiger partial charge in [-0.2, -0.15) is 0 Å². The van der Waals surface area contributed by atoms with Gasteiger partial charge >= 0.3 is 25.8 Å². The molecule has 0 aromatic rings. The van der Waals surface area contributed by atoms with Crippen LogP contribution in [0.5, 0.6) is 0 Å². The van der Waals surface area contributed by atoms with Gasteiger partial charge in [-0.15, -0.1) is 0 Å². The summed E-state index contributed by atoms with van der Waals surface area (Å²) in [5.41, 5.74) is 0. The van der Waals surface area contributed by atoms with Crippen LogP contribution in [0.4, 0.5) is 0 Å². The molecule has 0 unspecified atom stereocenters. The molecule has 0 amide bonds. The minimum Gasteiger partial charge on any atom is -0.547 e. The fourth-order valence-electron chi connectivity index (χ4n) is 2.65. The summed E-state index contributed by atoms with van der Waals surface area (Å²) in [7, 11) is 0. The Bertz CT molecular complexity index is 841. The molecule has 16 atom stereocenters. The van der Waals surface area contributed by atoms with Gasteiger partial charge < -0.3 is 142 Å². The van der Waals surface area contributed by atoms with Crippen molar-refractivity contribution in [2.45, 2.75) is 97.7 Å². The first-order valence-corrected chi connectivity index (χ1v) is 13.8. The molecule has 0 fully saturated rings. The summed E-state index contributed by atoms with van der Waals surface area (Å²) in [6.07, 6.45) is -32.3. The van der Waals surface area contributed by atoms with Crippen molar-refractivity contribution >= 4 is 23.9 Å². The van der Waals surface area contributed by atoms with E-state index in [9.17, 15) is 39.6 Å². The molecule has 0 aromatic carbocycles. The van der Waals surface area contributed by atoms with E-state index in [1.165, 1.54) is 0 Å². The topological polar surface area (TPSA) is 565 Å². The Morgan fingerprint density at radius 1 is 0.302 bits per heavy atom. The summed E-state index contributed by atoms with van der Waals surface area (Å²) in [5, 5.41) is 214. The van der Waals surface area contributed by atoms with Gasteiger partial charge in [0.15, 0.2) is 0 Å². The second-order valence-corrected chi connectivity index (χ2v) is 9.98. The molecule has 0 aliphatic rings. The molecule has 0 bridgehead atoms. The Balaban J connectivity index is -0.000000192. The molecule has 0 spiro atoms. The summed E-state index contributed by atoms with van der Waals surface area (Å²) in [6.45, 7) is -3.45. The Labute approximate surface area is 315 Å². The van der Waals surface area contributed by atoms with Crippen LogP contribution in [0.2, 0.25) is 0 Å². The third kappa shape index (κ3) is 23.5. The number of carboxylic acids is 4. The molecule has 0 aromatic heterocycles. The normalized spacial score (nSPS) is 20.0. The molecule has 0 saturated carbocycles. The Kier molecular flexibility index (Phi) is 35.4. The average molecular weight is 959 g/mol. The number of hydrogen-bond acceptors (Lipinski definition) is 28. The number of aliphatic carboxylic acids is 4. The zero-order valence-corrected chi connectivity index (χ0v) is 30.4.